The molecule has 2 aromatic heterocycles. The number of aliphatic carboxylic acids is 1. The summed E-state index contributed by atoms with van der Waals surface area (Å²) < 4.78 is 5.36. The summed E-state index contributed by atoms with van der Waals surface area (Å²) in [7, 11) is 0. The summed E-state index contributed by atoms with van der Waals surface area (Å²) in [4.78, 5) is 14.6. The van der Waals surface area contributed by atoms with Gasteiger partial charge in [0, 0.05) is 11.6 Å². The second kappa shape index (κ2) is 3.14. The van der Waals surface area contributed by atoms with Gasteiger partial charge in [-0.2, -0.15) is 0 Å². The third kappa shape index (κ3) is 1.46. The van der Waals surface area contributed by atoms with Crippen LogP contribution in [0.15, 0.2) is 22.7 Å². The van der Waals surface area contributed by atoms with Gasteiger partial charge in [-0.05, 0) is 19.1 Å². The minimum Gasteiger partial charge on any atom is -0.481 e. The highest BCUT2D eigenvalue weighted by molar-refractivity contribution is 5.84. The minimum atomic E-state index is -0.885. The second-order valence-corrected chi connectivity index (χ2v) is 3.10. The fourth-order valence-electron chi connectivity index (χ4n) is 1.43. The average Bonchev–Trinajstić information content (AvgIpc) is 2.45. The van der Waals surface area contributed by atoms with Crippen molar-refractivity contribution in [3.8, 4) is 0 Å². The molecular weight excluding hydrogens is 182 g/mol. The van der Waals surface area contributed by atoms with Crippen LogP contribution in [0.3, 0.4) is 0 Å². The van der Waals surface area contributed by atoms with Crippen LogP contribution in [0.25, 0.3) is 11.0 Å². The van der Waals surface area contributed by atoms with E-state index in [0.717, 1.165) is 11.1 Å². The van der Waals surface area contributed by atoms with Crippen LogP contribution >= 0.6 is 0 Å². The summed E-state index contributed by atoms with van der Waals surface area (Å²) in [5, 5.41) is 9.45. The van der Waals surface area contributed by atoms with Gasteiger partial charge in [0.05, 0.1) is 12.1 Å². The van der Waals surface area contributed by atoms with E-state index in [4.69, 9.17) is 9.52 Å². The van der Waals surface area contributed by atoms with E-state index in [2.05, 4.69) is 4.98 Å². The highest BCUT2D eigenvalue weighted by Crippen LogP contribution is 2.21. The highest BCUT2D eigenvalue weighted by Gasteiger charge is 2.09. The van der Waals surface area contributed by atoms with Crippen LogP contribution in [-0.2, 0) is 11.2 Å². The molecule has 14 heavy (non-hydrogen) atoms. The number of carbonyl (C=O) groups is 1. The lowest BCUT2D eigenvalue weighted by atomic mass is 10.2. The Hall–Kier alpha value is -1.84. The first-order valence-corrected chi connectivity index (χ1v) is 4.22. The van der Waals surface area contributed by atoms with Crippen molar-refractivity contribution in [2.75, 3.05) is 0 Å². The molecule has 0 aliphatic rings. The third-order valence-corrected chi connectivity index (χ3v) is 1.97. The maximum absolute atomic E-state index is 10.5. The van der Waals surface area contributed by atoms with Crippen molar-refractivity contribution in [1.29, 1.82) is 0 Å². The van der Waals surface area contributed by atoms with Gasteiger partial charge < -0.3 is 9.52 Å². The number of hydrogen-bond acceptors (Lipinski definition) is 3. The molecule has 0 atom stereocenters. The van der Waals surface area contributed by atoms with Crippen molar-refractivity contribution in [3.63, 3.8) is 0 Å². The molecule has 0 radical (unpaired) electrons. The largest absolute Gasteiger partial charge is 0.481 e. The Bertz CT molecular complexity index is 487. The van der Waals surface area contributed by atoms with Gasteiger partial charge in [-0.25, -0.2) is 0 Å². The fraction of sp³-hybridized carbons (Fsp3) is 0.200. The number of nitrogens with zero attached hydrogens (tertiary/aromatic N) is 1. The van der Waals surface area contributed by atoms with Crippen LogP contribution in [-0.4, -0.2) is 16.1 Å². The standard InChI is InChI=1S/C10H9NO3/c1-6-4-7-8(5-10(12)13)11-3-2-9(7)14-6/h2-4H,5H2,1H3,(H,12,13). The number of aryl methyl sites for hydroxylation is 1. The molecule has 72 valence electrons. The van der Waals surface area contributed by atoms with Gasteiger partial charge in [-0.1, -0.05) is 0 Å². The quantitative estimate of drug-likeness (QED) is 0.785. The predicted molar refractivity (Wildman–Crippen MR) is 50.1 cm³/mol. The Kier molecular flexibility index (Phi) is 1.96. The van der Waals surface area contributed by atoms with Crippen LogP contribution in [0.2, 0.25) is 0 Å². The van der Waals surface area contributed by atoms with Crippen molar-refractivity contribution >= 4 is 16.9 Å². The number of pyridine rings is 1. The minimum absolute atomic E-state index is 0.0731. The zero-order valence-corrected chi connectivity index (χ0v) is 7.65. The van der Waals surface area contributed by atoms with Crippen molar-refractivity contribution in [2.45, 2.75) is 13.3 Å². The lowest BCUT2D eigenvalue weighted by Gasteiger charge is -1.96. The predicted octanol–water partition coefficient (Wildman–Crippen LogP) is 1.76. The van der Waals surface area contributed by atoms with Gasteiger partial charge in [0.25, 0.3) is 0 Å². The molecule has 0 aliphatic heterocycles. The molecule has 0 bridgehead atoms. The van der Waals surface area contributed by atoms with Crippen molar-refractivity contribution in [2.24, 2.45) is 0 Å². The Morgan fingerprint density at radius 2 is 2.43 bits per heavy atom. The average molecular weight is 191 g/mol. The summed E-state index contributed by atoms with van der Waals surface area (Å²) in [5.74, 6) is -0.122. The first-order valence-electron chi connectivity index (χ1n) is 4.22. The molecule has 2 heterocycles. The maximum atomic E-state index is 10.5. The number of hydrogen-bond donors (Lipinski definition) is 1. The topological polar surface area (TPSA) is 63.3 Å². The number of rotatable bonds is 2. The van der Waals surface area contributed by atoms with E-state index in [1.54, 1.807) is 18.3 Å². The molecule has 4 nitrogen and oxygen atoms in total. The Labute approximate surface area is 80.2 Å². The number of carboxylic acids is 1. The van der Waals surface area contributed by atoms with E-state index in [1.807, 2.05) is 6.92 Å². The van der Waals surface area contributed by atoms with E-state index in [9.17, 15) is 4.79 Å². The lowest BCUT2D eigenvalue weighted by molar-refractivity contribution is -0.136. The summed E-state index contributed by atoms with van der Waals surface area (Å²) >= 11 is 0. The van der Waals surface area contributed by atoms with Gasteiger partial charge in [0.15, 0.2) is 0 Å². The van der Waals surface area contributed by atoms with E-state index < -0.39 is 5.97 Å². The molecule has 0 unspecified atom stereocenters. The molecule has 4 heteroatoms. The summed E-state index contributed by atoms with van der Waals surface area (Å²) in [6.45, 7) is 1.82. The summed E-state index contributed by atoms with van der Waals surface area (Å²) in [6, 6.07) is 3.54. The van der Waals surface area contributed by atoms with E-state index >= 15 is 0 Å². The molecule has 0 amide bonds. The highest BCUT2D eigenvalue weighted by atomic mass is 16.4. The van der Waals surface area contributed by atoms with Gasteiger partial charge in [0.1, 0.15) is 11.3 Å². The van der Waals surface area contributed by atoms with E-state index in [-0.39, 0.29) is 6.42 Å². The number of aromatic nitrogens is 1. The van der Waals surface area contributed by atoms with Gasteiger partial charge in [-0.3, -0.25) is 9.78 Å². The monoisotopic (exact) mass is 191 g/mol. The van der Waals surface area contributed by atoms with Crippen LogP contribution in [0.4, 0.5) is 0 Å². The number of fused-ring (bicyclic) bond motifs is 1. The molecule has 0 saturated carbocycles. The van der Waals surface area contributed by atoms with Crippen LogP contribution < -0.4 is 0 Å². The fourth-order valence-corrected chi connectivity index (χ4v) is 1.43. The van der Waals surface area contributed by atoms with Crippen molar-refractivity contribution in [3.05, 3.63) is 29.8 Å². The molecule has 1 N–H and O–H groups in total. The molecule has 0 aromatic carbocycles. The molecule has 2 rings (SSSR count). The summed E-state index contributed by atoms with van der Waals surface area (Å²) in [5.41, 5.74) is 1.24. The van der Waals surface area contributed by atoms with E-state index in [1.165, 1.54) is 0 Å². The molecule has 0 saturated heterocycles. The molecule has 0 fully saturated rings. The molecule has 0 spiro atoms. The molecular formula is C10H9NO3. The lowest BCUT2D eigenvalue weighted by Crippen LogP contribution is -2.02. The SMILES string of the molecule is Cc1cc2c(CC(=O)O)nccc2o1. The Morgan fingerprint density at radius 1 is 1.64 bits per heavy atom. The maximum Gasteiger partial charge on any atom is 0.309 e. The van der Waals surface area contributed by atoms with Gasteiger partial charge in [0.2, 0.25) is 0 Å². The number of carboxylic acid groups (broad SMARTS) is 1. The second-order valence-electron chi connectivity index (χ2n) is 3.10. The van der Waals surface area contributed by atoms with Crippen LogP contribution in [0.5, 0.6) is 0 Å². The molecule has 2 aromatic rings. The number of furan rings is 1. The summed E-state index contributed by atoms with van der Waals surface area (Å²) in [6.07, 6.45) is 1.49. The first-order chi connectivity index (χ1) is 6.66. The normalized spacial score (nSPS) is 10.6. The van der Waals surface area contributed by atoms with Crippen molar-refractivity contribution < 1.29 is 14.3 Å². The Morgan fingerprint density at radius 3 is 3.14 bits per heavy atom. The zero-order valence-electron chi connectivity index (χ0n) is 7.65. The first kappa shape index (κ1) is 8.74. The molecule has 0 aliphatic carbocycles. The van der Waals surface area contributed by atoms with Crippen molar-refractivity contribution in [1.82, 2.24) is 4.98 Å². The van der Waals surface area contributed by atoms with E-state index in [0.29, 0.717) is 11.3 Å². The van der Waals surface area contributed by atoms with Crippen LogP contribution in [0.1, 0.15) is 11.5 Å². The van der Waals surface area contributed by atoms with Crippen LogP contribution in [0, 0.1) is 6.92 Å². The van der Waals surface area contributed by atoms with Gasteiger partial charge >= 0.3 is 5.97 Å². The zero-order chi connectivity index (χ0) is 10.1. The Balaban J connectivity index is 2.58. The third-order valence-electron chi connectivity index (χ3n) is 1.97. The smallest absolute Gasteiger partial charge is 0.309 e. The van der Waals surface area contributed by atoms with Gasteiger partial charge in [-0.15, -0.1) is 0 Å².